The zero-order valence-corrected chi connectivity index (χ0v) is 18.8. The Morgan fingerprint density at radius 3 is 2.73 bits per heavy atom. The third-order valence-electron chi connectivity index (χ3n) is 5.98. The standard InChI is InChI=1S/C27H29N3O3/c1-2-7-20-11-13-21(14-12-20)18-23(29-26(31)25-10-6-17-33-25)27(32)30-16-4-3-9-24(30)22-8-5-15-28-19-22/h2,5-8,10-15,17,19,23-24H,3-4,9,16,18H2,1H3,(H,29,31)/b7-2+/t23-,24+/m0/s1. The van der Waals surface area contributed by atoms with Crippen molar-refractivity contribution in [1.82, 2.24) is 15.2 Å². The number of allylic oxidation sites excluding steroid dienone is 1. The van der Waals surface area contributed by atoms with E-state index in [2.05, 4.69) is 10.3 Å². The van der Waals surface area contributed by atoms with Gasteiger partial charge in [-0.3, -0.25) is 14.6 Å². The van der Waals surface area contributed by atoms with Gasteiger partial charge in [0, 0.05) is 25.4 Å². The van der Waals surface area contributed by atoms with E-state index in [4.69, 9.17) is 4.42 Å². The van der Waals surface area contributed by atoms with Crippen LogP contribution in [0.25, 0.3) is 6.08 Å². The number of carbonyl (C=O) groups excluding carboxylic acids is 2. The summed E-state index contributed by atoms with van der Waals surface area (Å²) < 4.78 is 5.25. The highest BCUT2D eigenvalue weighted by Crippen LogP contribution is 2.31. The number of piperidine rings is 1. The van der Waals surface area contributed by atoms with Crippen LogP contribution in [0.3, 0.4) is 0 Å². The molecule has 0 bridgehead atoms. The summed E-state index contributed by atoms with van der Waals surface area (Å²) in [6.45, 7) is 2.63. The fraction of sp³-hybridized carbons (Fsp3) is 0.296. The van der Waals surface area contributed by atoms with E-state index in [1.165, 1.54) is 6.26 Å². The second-order valence-electron chi connectivity index (χ2n) is 8.28. The maximum atomic E-state index is 13.8. The number of rotatable bonds is 7. The molecule has 1 N–H and O–H groups in total. The summed E-state index contributed by atoms with van der Waals surface area (Å²) in [6, 6.07) is 14.5. The van der Waals surface area contributed by atoms with Crippen LogP contribution >= 0.6 is 0 Å². The molecule has 1 aliphatic rings. The van der Waals surface area contributed by atoms with Gasteiger partial charge in [-0.05, 0) is 61.1 Å². The Morgan fingerprint density at radius 1 is 1.18 bits per heavy atom. The first kappa shape index (κ1) is 22.5. The number of aromatic nitrogens is 1. The lowest BCUT2D eigenvalue weighted by molar-refractivity contribution is -0.137. The van der Waals surface area contributed by atoms with Gasteiger partial charge in [0.1, 0.15) is 6.04 Å². The largest absolute Gasteiger partial charge is 0.459 e. The van der Waals surface area contributed by atoms with Crippen LogP contribution in [0.15, 0.2) is 77.7 Å². The highest BCUT2D eigenvalue weighted by molar-refractivity contribution is 5.95. The molecule has 1 saturated heterocycles. The van der Waals surface area contributed by atoms with Gasteiger partial charge in [-0.2, -0.15) is 0 Å². The van der Waals surface area contributed by atoms with Crippen LogP contribution in [-0.2, 0) is 11.2 Å². The molecule has 1 aromatic carbocycles. The van der Waals surface area contributed by atoms with Gasteiger partial charge in [0.2, 0.25) is 5.91 Å². The number of hydrogen-bond donors (Lipinski definition) is 1. The fourth-order valence-corrected chi connectivity index (χ4v) is 4.35. The highest BCUT2D eigenvalue weighted by atomic mass is 16.3. The Labute approximate surface area is 194 Å². The molecule has 33 heavy (non-hydrogen) atoms. The van der Waals surface area contributed by atoms with Crippen LogP contribution in [0.4, 0.5) is 0 Å². The average molecular weight is 444 g/mol. The molecule has 2 aromatic heterocycles. The van der Waals surface area contributed by atoms with Gasteiger partial charge < -0.3 is 14.6 Å². The third kappa shape index (κ3) is 5.58. The summed E-state index contributed by atoms with van der Waals surface area (Å²) in [4.78, 5) is 32.8. The molecule has 3 aromatic rings. The minimum absolute atomic E-state index is 0.0416. The molecule has 0 aliphatic carbocycles. The van der Waals surface area contributed by atoms with E-state index >= 15 is 0 Å². The van der Waals surface area contributed by atoms with Crippen molar-refractivity contribution in [3.63, 3.8) is 0 Å². The number of nitrogens with zero attached hydrogens (tertiary/aromatic N) is 2. The summed E-state index contributed by atoms with van der Waals surface area (Å²) in [7, 11) is 0. The first-order valence-corrected chi connectivity index (χ1v) is 11.4. The molecule has 0 saturated carbocycles. The van der Waals surface area contributed by atoms with Crippen LogP contribution in [0.2, 0.25) is 0 Å². The Balaban J connectivity index is 1.59. The Morgan fingerprint density at radius 2 is 2.03 bits per heavy atom. The van der Waals surface area contributed by atoms with Crippen molar-refractivity contribution in [3.05, 3.63) is 95.7 Å². The van der Waals surface area contributed by atoms with Crippen molar-refractivity contribution >= 4 is 17.9 Å². The van der Waals surface area contributed by atoms with Crippen molar-refractivity contribution in [1.29, 1.82) is 0 Å². The lowest BCUT2D eigenvalue weighted by Gasteiger charge is -2.38. The molecule has 0 unspecified atom stereocenters. The molecule has 2 atom stereocenters. The SMILES string of the molecule is C/C=C/c1ccc(C[C@H](NC(=O)c2ccco2)C(=O)N2CCCC[C@@H]2c2cccnc2)cc1. The van der Waals surface area contributed by atoms with Gasteiger partial charge in [-0.1, -0.05) is 42.5 Å². The normalized spacial score (nSPS) is 17.1. The number of likely N-dealkylation sites (tertiary alicyclic amines) is 1. The van der Waals surface area contributed by atoms with Crippen LogP contribution in [-0.4, -0.2) is 34.3 Å². The number of amides is 2. The minimum atomic E-state index is -0.701. The van der Waals surface area contributed by atoms with Gasteiger partial charge in [0.25, 0.3) is 5.91 Å². The summed E-state index contributed by atoms with van der Waals surface area (Å²) >= 11 is 0. The lowest BCUT2D eigenvalue weighted by Crippen LogP contribution is -2.51. The van der Waals surface area contributed by atoms with Gasteiger partial charge in [0.15, 0.2) is 5.76 Å². The minimum Gasteiger partial charge on any atom is -0.459 e. The van der Waals surface area contributed by atoms with E-state index in [9.17, 15) is 9.59 Å². The van der Waals surface area contributed by atoms with E-state index in [1.807, 2.05) is 66.6 Å². The smallest absolute Gasteiger partial charge is 0.287 e. The van der Waals surface area contributed by atoms with Crippen molar-refractivity contribution in [2.45, 2.75) is 44.7 Å². The molecular weight excluding hydrogens is 414 g/mol. The average Bonchev–Trinajstić information content (AvgIpc) is 3.40. The number of pyridine rings is 1. The predicted octanol–water partition coefficient (Wildman–Crippen LogP) is 4.80. The van der Waals surface area contributed by atoms with Crippen molar-refractivity contribution in [2.24, 2.45) is 0 Å². The second kappa shape index (κ2) is 10.8. The second-order valence-corrected chi connectivity index (χ2v) is 8.28. The molecule has 4 rings (SSSR count). The fourth-order valence-electron chi connectivity index (χ4n) is 4.35. The monoisotopic (exact) mass is 443 g/mol. The molecule has 1 fully saturated rings. The molecule has 0 spiro atoms. The molecule has 170 valence electrons. The third-order valence-corrected chi connectivity index (χ3v) is 5.98. The number of hydrogen-bond acceptors (Lipinski definition) is 4. The Kier molecular flexibility index (Phi) is 7.35. The van der Waals surface area contributed by atoms with E-state index in [1.54, 1.807) is 18.3 Å². The number of carbonyl (C=O) groups is 2. The number of furan rings is 1. The van der Waals surface area contributed by atoms with Gasteiger partial charge in [0.05, 0.1) is 12.3 Å². The highest BCUT2D eigenvalue weighted by Gasteiger charge is 2.33. The molecule has 6 nitrogen and oxygen atoms in total. The first-order valence-electron chi connectivity index (χ1n) is 11.4. The van der Waals surface area contributed by atoms with Crippen molar-refractivity contribution in [2.75, 3.05) is 6.54 Å². The molecule has 3 heterocycles. The van der Waals surface area contributed by atoms with Crippen molar-refractivity contribution in [3.8, 4) is 0 Å². The van der Waals surface area contributed by atoms with Gasteiger partial charge in [-0.15, -0.1) is 0 Å². The van der Waals surface area contributed by atoms with Crippen LogP contribution < -0.4 is 5.32 Å². The quantitative estimate of drug-likeness (QED) is 0.569. The number of benzene rings is 1. The van der Waals surface area contributed by atoms with Crippen LogP contribution in [0.5, 0.6) is 0 Å². The lowest BCUT2D eigenvalue weighted by atomic mass is 9.94. The molecule has 2 amide bonds. The first-order chi connectivity index (χ1) is 16.2. The van der Waals surface area contributed by atoms with E-state index < -0.39 is 6.04 Å². The Hall–Kier alpha value is -3.67. The molecule has 1 aliphatic heterocycles. The van der Waals surface area contributed by atoms with E-state index in [0.717, 1.165) is 36.0 Å². The van der Waals surface area contributed by atoms with Crippen LogP contribution in [0, 0.1) is 0 Å². The molecule has 0 radical (unpaired) electrons. The Bertz CT molecular complexity index is 1080. The summed E-state index contributed by atoms with van der Waals surface area (Å²) in [6.07, 6.45) is 12.3. The molecular formula is C27H29N3O3. The summed E-state index contributed by atoms with van der Waals surface area (Å²) in [5.74, 6) is -0.279. The van der Waals surface area contributed by atoms with E-state index in [-0.39, 0.29) is 23.6 Å². The van der Waals surface area contributed by atoms with Crippen molar-refractivity contribution < 1.29 is 14.0 Å². The topological polar surface area (TPSA) is 75.4 Å². The number of nitrogens with one attached hydrogen (secondary N) is 1. The zero-order valence-electron chi connectivity index (χ0n) is 18.8. The van der Waals surface area contributed by atoms with Crippen LogP contribution in [0.1, 0.15) is 59.5 Å². The van der Waals surface area contributed by atoms with Gasteiger partial charge >= 0.3 is 0 Å². The maximum Gasteiger partial charge on any atom is 0.287 e. The van der Waals surface area contributed by atoms with Gasteiger partial charge in [-0.25, -0.2) is 0 Å². The molecule has 6 heteroatoms. The van der Waals surface area contributed by atoms with E-state index in [0.29, 0.717) is 13.0 Å². The summed E-state index contributed by atoms with van der Waals surface area (Å²) in [5.41, 5.74) is 3.10. The summed E-state index contributed by atoms with van der Waals surface area (Å²) in [5, 5.41) is 2.92. The predicted molar refractivity (Wildman–Crippen MR) is 127 cm³/mol. The maximum absolute atomic E-state index is 13.8. The zero-order chi connectivity index (χ0) is 23.0.